The Morgan fingerprint density at radius 3 is 2.63 bits per heavy atom. The summed E-state index contributed by atoms with van der Waals surface area (Å²) in [5.74, 6) is 0.0924. The number of piperidine rings is 1. The molecule has 0 saturated carbocycles. The Kier molecular flexibility index (Phi) is 4.58. The van der Waals surface area contributed by atoms with Crippen LogP contribution in [0.4, 0.5) is 4.39 Å². The number of carbonyl (C=O) groups is 1. The largest absolute Gasteiger partial charge is 0.339 e. The van der Waals surface area contributed by atoms with E-state index in [1.807, 2.05) is 11.8 Å². The Balaban J connectivity index is 2.05. The number of rotatable bonds is 2. The lowest BCUT2D eigenvalue weighted by molar-refractivity contribution is 0.0680. The van der Waals surface area contributed by atoms with E-state index < -0.39 is 0 Å². The Hall–Kier alpha value is -0.940. The fraction of sp³-hybridized carbons (Fsp3) is 0.500. The second-order valence-electron chi connectivity index (χ2n) is 5.11. The molecule has 1 heterocycles. The molecule has 1 amide bonds. The van der Waals surface area contributed by atoms with Gasteiger partial charge in [0.1, 0.15) is 5.82 Å². The molecule has 3 nitrogen and oxygen atoms in total. The molecule has 1 aromatic carbocycles. The van der Waals surface area contributed by atoms with Crippen LogP contribution >= 0.6 is 15.9 Å². The van der Waals surface area contributed by atoms with E-state index in [-0.39, 0.29) is 17.8 Å². The van der Waals surface area contributed by atoms with Gasteiger partial charge in [-0.05, 0) is 59.8 Å². The van der Waals surface area contributed by atoms with E-state index >= 15 is 0 Å². The minimum Gasteiger partial charge on any atom is -0.339 e. The molecule has 1 aromatic rings. The molecule has 1 unspecified atom stereocenters. The quantitative estimate of drug-likeness (QED) is 0.907. The van der Waals surface area contributed by atoms with Crippen LogP contribution in [-0.2, 0) is 0 Å². The number of hydrogen-bond acceptors (Lipinski definition) is 2. The highest BCUT2D eigenvalue weighted by Gasteiger charge is 2.26. The first-order valence-corrected chi connectivity index (χ1v) is 7.28. The standard InChI is InChI=1S/C14H18BrFN2O/c1-9(17)10-4-6-18(7-5-10)14(19)12-3-2-11(16)8-13(12)15/h2-3,8-10H,4-7,17H2,1H3. The molecule has 1 aliphatic rings. The van der Waals surface area contributed by atoms with Crippen LogP contribution in [0.25, 0.3) is 0 Å². The van der Waals surface area contributed by atoms with Crippen molar-refractivity contribution < 1.29 is 9.18 Å². The summed E-state index contributed by atoms with van der Waals surface area (Å²) in [5, 5.41) is 0. The van der Waals surface area contributed by atoms with Gasteiger partial charge in [0.25, 0.3) is 5.91 Å². The molecule has 1 saturated heterocycles. The molecular weight excluding hydrogens is 311 g/mol. The van der Waals surface area contributed by atoms with Crippen LogP contribution in [0.15, 0.2) is 22.7 Å². The molecule has 104 valence electrons. The number of likely N-dealkylation sites (tertiary alicyclic amines) is 1. The van der Waals surface area contributed by atoms with Gasteiger partial charge in [-0.3, -0.25) is 4.79 Å². The third kappa shape index (κ3) is 3.34. The van der Waals surface area contributed by atoms with Gasteiger partial charge >= 0.3 is 0 Å². The molecule has 1 fully saturated rings. The lowest BCUT2D eigenvalue weighted by atomic mass is 9.90. The average molecular weight is 329 g/mol. The lowest BCUT2D eigenvalue weighted by Gasteiger charge is -2.33. The van der Waals surface area contributed by atoms with Crippen LogP contribution in [0.5, 0.6) is 0 Å². The van der Waals surface area contributed by atoms with Crippen LogP contribution in [0.2, 0.25) is 0 Å². The van der Waals surface area contributed by atoms with Crippen molar-refractivity contribution in [1.82, 2.24) is 4.90 Å². The second kappa shape index (κ2) is 6.01. The van der Waals surface area contributed by atoms with Gasteiger partial charge in [-0.1, -0.05) is 0 Å². The van der Waals surface area contributed by atoms with Crippen LogP contribution in [0.3, 0.4) is 0 Å². The minimum atomic E-state index is -0.348. The van der Waals surface area contributed by atoms with Crippen molar-refractivity contribution in [1.29, 1.82) is 0 Å². The maximum atomic E-state index is 13.0. The number of halogens is 2. The molecule has 19 heavy (non-hydrogen) atoms. The molecule has 5 heteroatoms. The fourth-order valence-corrected chi connectivity index (χ4v) is 2.98. The van der Waals surface area contributed by atoms with Crippen molar-refractivity contribution in [3.8, 4) is 0 Å². The number of carbonyl (C=O) groups excluding carboxylic acids is 1. The zero-order chi connectivity index (χ0) is 14.0. The van der Waals surface area contributed by atoms with E-state index in [0.29, 0.717) is 16.0 Å². The molecule has 1 atom stereocenters. The SMILES string of the molecule is CC(N)C1CCN(C(=O)c2ccc(F)cc2Br)CC1. The van der Waals surface area contributed by atoms with Gasteiger partial charge in [0.15, 0.2) is 0 Å². The number of nitrogens with two attached hydrogens (primary N) is 1. The molecule has 0 aliphatic carbocycles. The zero-order valence-electron chi connectivity index (χ0n) is 10.9. The molecule has 0 bridgehead atoms. The molecule has 0 aromatic heterocycles. The average Bonchev–Trinajstić information content (AvgIpc) is 2.38. The van der Waals surface area contributed by atoms with E-state index in [4.69, 9.17) is 5.73 Å². The van der Waals surface area contributed by atoms with Crippen LogP contribution in [0, 0.1) is 11.7 Å². The molecule has 0 spiro atoms. The van der Waals surface area contributed by atoms with Gasteiger partial charge < -0.3 is 10.6 Å². The third-order valence-electron chi connectivity index (χ3n) is 3.73. The summed E-state index contributed by atoms with van der Waals surface area (Å²) in [6, 6.07) is 4.34. The first kappa shape index (κ1) is 14.5. The summed E-state index contributed by atoms with van der Waals surface area (Å²) < 4.78 is 13.5. The Morgan fingerprint density at radius 1 is 1.47 bits per heavy atom. The summed E-state index contributed by atoms with van der Waals surface area (Å²) >= 11 is 3.24. The predicted octanol–water partition coefficient (Wildman–Crippen LogP) is 2.79. The highest BCUT2D eigenvalue weighted by molar-refractivity contribution is 9.10. The third-order valence-corrected chi connectivity index (χ3v) is 4.39. The van der Waals surface area contributed by atoms with Gasteiger partial charge in [0.2, 0.25) is 0 Å². The van der Waals surface area contributed by atoms with Crippen molar-refractivity contribution >= 4 is 21.8 Å². The first-order chi connectivity index (χ1) is 8.99. The van der Waals surface area contributed by atoms with Crippen molar-refractivity contribution in [3.63, 3.8) is 0 Å². The lowest BCUT2D eigenvalue weighted by Crippen LogP contribution is -2.42. The van der Waals surface area contributed by atoms with Crippen molar-refractivity contribution in [2.75, 3.05) is 13.1 Å². The number of amides is 1. The van der Waals surface area contributed by atoms with Gasteiger partial charge in [-0.25, -0.2) is 4.39 Å². The predicted molar refractivity (Wildman–Crippen MR) is 76.4 cm³/mol. The van der Waals surface area contributed by atoms with E-state index in [1.54, 1.807) is 0 Å². The second-order valence-corrected chi connectivity index (χ2v) is 5.97. The highest BCUT2D eigenvalue weighted by atomic mass is 79.9. The summed E-state index contributed by atoms with van der Waals surface area (Å²) in [6.07, 6.45) is 1.87. The fourth-order valence-electron chi connectivity index (χ4n) is 2.46. The summed E-state index contributed by atoms with van der Waals surface area (Å²) in [5.41, 5.74) is 6.40. The number of hydrogen-bond donors (Lipinski definition) is 1. The summed E-state index contributed by atoms with van der Waals surface area (Å²) in [7, 11) is 0. The summed E-state index contributed by atoms with van der Waals surface area (Å²) in [4.78, 5) is 14.2. The van der Waals surface area contributed by atoms with Gasteiger partial charge in [-0.2, -0.15) is 0 Å². The summed E-state index contributed by atoms with van der Waals surface area (Å²) in [6.45, 7) is 3.45. The van der Waals surface area contributed by atoms with E-state index in [9.17, 15) is 9.18 Å². The minimum absolute atomic E-state index is 0.0463. The molecular formula is C14H18BrFN2O. The topological polar surface area (TPSA) is 46.3 Å². The molecule has 2 rings (SSSR count). The maximum Gasteiger partial charge on any atom is 0.255 e. The van der Waals surface area contributed by atoms with Gasteiger partial charge in [0, 0.05) is 23.6 Å². The van der Waals surface area contributed by atoms with Crippen molar-refractivity contribution in [2.45, 2.75) is 25.8 Å². The zero-order valence-corrected chi connectivity index (χ0v) is 12.5. The van der Waals surface area contributed by atoms with Gasteiger partial charge in [-0.15, -0.1) is 0 Å². The number of benzene rings is 1. The van der Waals surface area contributed by atoms with E-state index in [2.05, 4.69) is 15.9 Å². The number of nitrogens with zero attached hydrogens (tertiary/aromatic N) is 1. The van der Waals surface area contributed by atoms with Crippen LogP contribution in [0.1, 0.15) is 30.1 Å². The van der Waals surface area contributed by atoms with Crippen molar-refractivity contribution in [2.24, 2.45) is 11.7 Å². The van der Waals surface area contributed by atoms with Gasteiger partial charge in [0.05, 0.1) is 5.56 Å². The monoisotopic (exact) mass is 328 g/mol. The van der Waals surface area contributed by atoms with Crippen LogP contribution < -0.4 is 5.73 Å². The van der Waals surface area contributed by atoms with Crippen LogP contribution in [-0.4, -0.2) is 29.9 Å². The van der Waals surface area contributed by atoms with E-state index in [1.165, 1.54) is 18.2 Å². The maximum absolute atomic E-state index is 13.0. The Morgan fingerprint density at radius 2 is 2.11 bits per heavy atom. The van der Waals surface area contributed by atoms with E-state index in [0.717, 1.165) is 25.9 Å². The molecule has 2 N–H and O–H groups in total. The first-order valence-electron chi connectivity index (χ1n) is 6.49. The Labute approximate surface area is 121 Å². The molecule has 1 aliphatic heterocycles. The molecule has 0 radical (unpaired) electrons. The van der Waals surface area contributed by atoms with Crippen molar-refractivity contribution in [3.05, 3.63) is 34.1 Å². The normalized spacial score (nSPS) is 18.4. The Bertz CT molecular complexity index is 471. The smallest absolute Gasteiger partial charge is 0.255 e. The highest BCUT2D eigenvalue weighted by Crippen LogP contribution is 2.24.